The summed E-state index contributed by atoms with van der Waals surface area (Å²) in [6, 6.07) is 0. The molecule has 1 aliphatic rings. The summed E-state index contributed by atoms with van der Waals surface area (Å²) < 4.78 is 18.8. The lowest BCUT2D eigenvalue weighted by atomic mass is 10.00. The molecule has 0 spiro atoms. The molecule has 1 rings (SSSR count). The van der Waals surface area contributed by atoms with Crippen molar-refractivity contribution in [2.45, 2.75) is 30.0 Å². The van der Waals surface area contributed by atoms with Crippen molar-refractivity contribution in [1.82, 2.24) is 10.8 Å². The average molecular weight is 312 g/mol. The molecular formula is C9H15ClFN5O4. The summed E-state index contributed by atoms with van der Waals surface area (Å²) in [6.07, 6.45) is -2.70. The van der Waals surface area contributed by atoms with E-state index >= 15 is 0 Å². The minimum atomic E-state index is -2.79. The molecule has 0 amide bonds. The molecule has 0 aliphatic carbocycles. The van der Waals surface area contributed by atoms with Gasteiger partial charge in [-0.15, -0.1) is 11.6 Å². The number of alkyl halides is 2. The lowest BCUT2D eigenvalue weighted by molar-refractivity contribution is -0.194. The van der Waals surface area contributed by atoms with E-state index in [0.29, 0.717) is 6.21 Å². The molecule has 11 heteroatoms. The van der Waals surface area contributed by atoms with E-state index in [0.717, 1.165) is 0 Å². The largest absolute Gasteiger partial charge is 0.390 e. The monoisotopic (exact) mass is 311 g/mol. The van der Waals surface area contributed by atoms with Gasteiger partial charge < -0.3 is 25.7 Å². The van der Waals surface area contributed by atoms with Crippen molar-refractivity contribution in [3.63, 3.8) is 0 Å². The summed E-state index contributed by atoms with van der Waals surface area (Å²) in [4.78, 5) is 1.95. The zero-order valence-electron chi connectivity index (χ0n) is 10.4. The first-order valence-corrected chi connectivity index (χ1v) is 5.77. The summed E-state index contributed by atoms with van der Waals surface area (Å²) >= 11 is 5.95. The van der Waals surface area contributed by atoms with Crippen LogP contribution in [0.15, 0.2) is 4.99 Å². The number of nitrogens with one attached hydrogen (secondary N) is 4. The van der Waals surface area contributed by atoms with E-state index in [2.05, 4.69) is 10.3 Å². The number of hydroxylamine groups is 1. The fourth-order valence-corrected chi connectivity index (χ4v) is 1.82. The molecule has 0 radical (unpaired) electrons. The first-order valence-electron chi connectivity index (χ1n) is 5.39. The Balaban J connectivity index is 3.00. The lowest BCUT2D eigenvalue weighted by Gasteiger charge is -2.24. The molecule has 1 saturated heterocycles. The van der Waals surface area contributed by atoms with E-state index in [9.17, 15) is 9.50 Å². The van der Waals surface area contributed by atoms with Gasteiger partial charge in [-0.1, -0.05) is 0 Å². The number of amidine groups is 1. The average Bonchev–Trinajstić information content (AvgIpc) is 2.59. The minimum absolute atomic E-state index is 0.422. The molecule has 20 heavy (non-hydrogen) atoms. The van der Waals surface area contributed by atoms with Crippen molar-refractivity contribution in [2.24, 2.45) is 4.99 Å². The molecule has 1 heterocycles. The number of rotatable bonds is 3. The third kappa shape index (κ3) is 3.04. The number of halogens is 2. The summed E-state index contributed by atoms with van der Waals surface area (Å²) in [5.74, 6) is -3.65. The van der Waals surface area contributed by atoms with Crippen molar-refractivity contribution >= 4 is 29.6 Å². The first-order chi connectivity index (χ1) is 9.21. The van der Waals surface area contributed by atoms with Gasteiger partial charge in [0, 0.05) is 0 Å². The predicted molar refractivity (Wildman–Crippen MR) is 68.1 cm³/mol. The number of hydrogen-bond donors (Lipinski definition) is 7. The molecule has 7 N–H and O–H groups in total. The van der Waals surface area contributed by atoms with E-state index < -0.39 is 41.5 Å². The Hall–Kier alpha value is -1.33. The van der Waals surface area contributed by atoms with Crippen molar-refractivity contribution in [3.8, 4) is 0 Å². The van der Waals surface area contributed by atoms with E-state index in [-0.39, 0.29) is 0 Å². The fourth-order valence-electron chi connectivity index (χ4n) is 1.57. The molecule has 0 bridgehead atoms. The molecule has 9 nitrogen and oxygen atoms in total. The second kappa shape index (κ2) is 5.97. The van der Waals surface area contributed by atoms with Crippen molar-refractivity contribution in [3.05, 3.63) is 0 Å². The zero-order chi connectivity index (χ0) is 15.6. The maximum atomic E-state index is 14.0. The van der Waals surface area contributed by atoms with Crippen LogP contribution in [0, 0.1) is 10.8 Å². The normalized spacial score (nSPS) is 37.6. The molecule has 0 saturated carbocycles. The predicted octanol–water partition coefficient (Wildman–Crippen LogP) is -1.09. The second-order valence-corrected chi connectivity index (χ2v) is 5.06. The topological polar surface area (TPSA) is 154 Å². The zero-order valence-corrected chi connectivity index (χ0v) is 11.1. The standard InChI is InChI=1S/C9H15ClFN5O4/c1-8(10)5(18)9(11,3-17)20-6(8)15-7(16-19)14-4(13)2-12/h2,5-6,12,17-19H,3H2,1H3,(H3,13,14,15,16)/t5-,6+,8+,9+/m0/s1. The molecule has 0 unspecified atom stereocenters. The fraction of sp³-hybridized carbons (Fsp3) is 0.667. The van der Waals surface area contributed by atoms with E-state index in [1.807, 2.05) is 0 Å². The smallest absolute Gasteiger partial charge is 0.262 e. The highest BCUT2D eigenvalue weighted by atomic mass is 35.5. The van der Waals surface area contributed by atoms with Crippen LogP contribution in [0.1, 0.15) is 6.92 Å². The number of ether oxygens (including phenoxy) is 1. The van der Waals surface area contributed by atoms with Gasteiger partial charge in [0.05, 0.1) is 6.21 Å². The van der Waals surface area contributed by atoms with Gasteiger partial charge in [-0.05, 0) is 6.92 Å². The Bertz CT molecular complexity index is 435. The third-order valence-electron chi connectivity index (χ3n) is 2.70. The van der Waals surface area contributed by atoms with E-state index in [4.69, 9.17) is 37.5 Å². The van der Waals surface area contributed by atoms with Crippen molar-refractivity contribution in [2.75, 3.05) is 6.61 Å². The Morgan fingerprint density at radius 1 is 1.65 bits per heavy atom. The van der Waals surface area contributed by atoms with Crippen LogP contribution in [0.2, 0.25) is 0 Å². The van der Waals surface area contributed by atoms with Crippen LogP contribution in [-0.4, -0.2) is 63.1 Å². The van der Waals surface area contributed by atoms with Crippen LogP contribution in [0.4, 0.5) is 4.39 Å². The van der Waals surface area contributed by atoms with Crippen LogP contribution in [0.25, 0.3) is 0 Å². The Kier molecular flexibility index (Phi) is 5.00. The lowest BCUT2D eigenvalue weighted by Crippen LogP contribution is -2.46. The molecule has 0 aromatic heterocycles. The first kappa shape index (κ1) is 16.7. The third-order valence-corrected chi connectivity index (χ3v) is 3.09. The maximum absolute atomic E-state index is 14.0. The summed E-state index contributed by atoms with van der Waals surface area (Å²) in [7, 11) is 0. The second-order valence-electron chi connectivity index (χ2n) is 4.24. The number of guanidine groups is 1. The van der Waals surface area contributed by atoms with Crippen molar-refractivity contribution < 1.29 is 24.5 Å². The van der Waals surface area contributed by atoms with Gasteiger partial charge in [0.1, 0.15) is 23.4 Å². The number of hydrogen-bond acceptors (Lipinski definition) is 7. The van der Waals surface area contributed by atoms with Gasteiger partial charge in [-0.25, -0.2) is 14.9 Å². The van der Waals surface area contributed by atoms with Gasteiger partial charge in [-0.2, -0.15) is 0 Å². The summed E-state index contributed by atoms with van der Waals surface area (Å²) in [5.41, 5.74) is 1.58. The SMILES string of the molecule is C[C@]1(Cl)[C@H](N=C(NO)NC(=N)C=N)O[C@](F)(CO)[C@H]1O. The number of aliphatic hydroxyl groups excluding tert-OH is 2. The number of nitrogens with zero attached hydrogens (tertiary/aromatic N) is 1. The molecule has 114 valence electrons. The molecular weight excluding hydrogens is 297 g/mol. The van der Waals surface area contributed by atoms with Crippen molar-refractivity contribution in [1.29, 1.82) is 10.8 Å². The highest BCUT2D eigenvalue weighted by molar-refractivity contribution is 6.30. The van der Waals surface area contributed by atoms with E-state index in [1.54, 1.807) is 5.48 Å². The maximum Gasteiger partial charge on any atom is 0.262 e. The Labute approximate surface area is 118 Å². The summed E-state index contributed by atoms with van der Waals surface area (Å²) in [6.45, 7) is 0.107. The van der Waals surface area contributed by atoms with Gasteiger partial charge in [0.15, 0.2) is 6.23 Å². The van der Waals surface area contributed by atoms with Crippen LogP contribution >= 0.6 is 11.6 Å². The Morgan fingerprint density at radius 2 is 2.25 bits per heavy atom. The Morgan fingerprint density at radius 3 is 2.65 bits per heavy atom. The van der Waals surface area contributed by atoms with Gasteiger partial charge in [0.2, 0.25) is 5.96 Å². The van der Waals surface area contributed by atoms with E-state index in [1.165, 1.54) is 6.92 Å². The number of aliphatic hydroxyl groups is 2. The minimum Gasteiger partial charge on any atom is -0.390 e. The molecule has 1 fully saturated rings. The highest BCUT2D eigenvalue weighted by Crippen LogP contribution is 2.43. The van der Waals surface area contributed by atoms with Gasteiger partial charge >= 0.3 is 0 Å². The van der Waals surface area contributed by atoms with Gasteiger partial charge in [-0.3, -0.25) is 10.6 Å². The van der Waals surface area contributed by atoms with Crippen LogP contribution in [0.5, 0.6) is 0 Å². The molecule has 0 aromatic rings. The molecule has 1 aliphatic heterocycles. The molecule has 0 aromatic carbocycles. The number of aliphatic imine (C=N–C) groups is 1. The quantitative estimate of drug-likeness (QED) is 0.152. The van der Waals surface area contributed by atoms with Crippen LogP contribution in [-0.2, 0) is 4.74 Å². The summed E-state index contributed by atoms with van der Waals surface area (Å²) in [5, 5.41) is 43.6. The van der Waals surface area contributed by atoms with Gasteiger partial charge in [0.25, 0.3) is 5.85 Å². The molecule has 4 atom stereocenters. The highest BCUT2D eigenvalue weighted by Gasteiger charge is 2.62. The van der Waals surface area contributed by atoms with Crippen LogP contribution in [0.3, 0.4) is 0 Å². The van der Waals surface area contributed by atoms with Crippen LogP contribution < -0.4 is 10.8 Å².